The second-order valence-electron chi connectivity index (χ2n) is 6.32. The maximum Gasteiger partial charge on any atom is 0.251 e. The van der Waals surface area contributed by atoms with E-state index in [-0.39, 0.29) is 11.9 Å². The van der Waals surface area contributed by atoms with Crippen LogP contribution in [0.1, 0.15) is 26.8 Å². The number of thiophene rings is 1. The summed E-state index contributed by atoms with van der Waals surface area (Å²) >= 11 is 7.73. The number of fused-ring (bicyclic) bond motifs is 1. The number of nitrogens with zero attached hydrogens (tertiary/aromatic N) is 1. The number of anilines is 1. The zero-order valence-corrected chi connectivity index (χ0v) is 15.8. The van der Waals surface area contributed by atoms with Gasteiger partial charge >= 0.3 is 0 Å². The first-order chi connectivity index (χ1) is 12.7. The molecule has 5 heteroatoms. The van der Waals surface area contributed by atoms with Crippen molar-refractivity contribution < 1.29 is 4.79 Å². The molecule has 26 heavy (non-hydrogen) atoms. The monoisotopic (exact) mass is 382 g/mol. The molecule has 1 aromatic heterocycles. The van der Waals surface area contributed by atoms with Gasteiger partial charge in [0.2, 0.25) is 0 Å². The van der Waals surface area contributed by atoms with Crippen molar-refractivity contribution in [3.8, 4) is 0 Å². The topological polar surface area (TPSA) is 32.3 Å². The lowest BCUT2D eigenvalue weighted by molar-refractivity contribution is 0.0951. The van der Waals surface area contributed by atoms with Crippen LogP contribution in [0.4, 0.5) is 5.69 Å². The molecule has 0 spiro atoms. The summed E-state index contributed by atoms with van der Waals surface area (Å²) in [6.45, 7) is 1.52. The molecule has 0 unspecified atom stereocenters. The number of rotatable bonds is 5. The van der Waals surface area contributed by atoms with Crippen LogP contribution in [0, 0.1) is 0 Å². The van der Waals surface area contributed by atoms with Crippen LogP contribution in [0.25, 0.3) is 0 Å². The first-order valence-corrected chi connectivity index (χ1v) is 9.90. The van der Waals surface area contributed by atoms with Crippen LogP contribution in [0.5, 0.6) is 0 Å². The van der Waals surface area contributed by atoms with Crippen LogP contribution < -0.4 is 10.2 Å². The van der Waals surface area contributed by atoms with Crippen LogP contribution in [-0.2, 0) is 6.42 Å². The summed E-state index contributed by atoms with van der Waals surface area (Å²) in [5, 5.41) is 5.75. The second kappa shape index (κ2) is 7.52. The van der Waals surface area contributed by atoms with Crippen molar-refractivity contribution in [2.45, 2.75) is 12.5 Å². The number of nitrogens with one attached hydrogen (secondary N) is 1. The minimum atomic E-state index is -0.0958. The standard InChI is InChI=1S/C21H19ClN2OS/c22-17-7-3-6-16(13-17)21(25)23-14-19(20-9-4-12-26-20)24-11-10-15-5-1-2-8-18(15)24/h1-9,12-13,19H,10-11,14H2,(H,23,25)/t19-/m0/s1. The smallest absolute Gasteiger partial charge is 0.251 e. The number of amides is 1. The van der Waals surface area contributed by atoms with Gasteiger partial charge in [-0.15, -0.1) is 11.3 Å². The molecule has 1 aliphatic heterocycles. The molecule has 0 saturated carbocycles. The van der Waals surface area contributed by atoms with Crippen LogP contribution in [0.15, 0.2) is 66.0 Å². The summed E-state index contributed by atoms with van der Waals surface area (Å²) < 4.78 is 0. The van der Waals surface area contributed by atoms with E-state index in [1.54, 1.807) is 35.6 Å². The SMILES string of the molecule is O=C(NC[C@@H](c1cccs1)N1CCc2ccccc21)c1cccc(Cl)c1. The molecule has 2 heterocycles. The molecule has 1 aliphatic rings. The third-order valence-electron chi connectivity index (χ3n) is 4.71. The third kappa shape index (κ3) is 3.48. The van der Waals surface area contributed by atoms with Crippen LogP contribution >= 0.6 is 22.9 Å². The normalized spacial score (nSPS) is 14.1. The molecule has 1 atom stereocenters. The number of hydrogen-bond donors (Lipinski definition) is 1. The van der Waals surface area contributed by atoms with Gasteiger partial charge in [-0.05, 0) is 47.7 Å². The summed E-state index contributed by atoms with van der Waals surface area (Å²) in [4.78, 5) is 16.2. The van der Waals surface area contributed by atoms with E-state index in [1.165, 1.54) is 16.1 Å². The van der Waals surface area contributed by atoms with Gasteiger partial charge in [0.25, 0.3) is 5.91 Å². The van der Waals surface area contributed by atoms with Crippen molar-refractivity contribution in [2.24, 2.45) is 0 Å². The van der Waals surface area contributed by atoms with Crippen molar-refractivity contribution >= 4 is 34.5 Å². The Morgan fingerprint density at radius 1 is 1.15 bits per heavy atom. The largest absolute Gasteiger partial charge is 0.361 e. The molecule has 132 valence electrons. The van der Waals surface area contributed by atoms with Gasteiger partial charge < -0.3 is 10.2 Å². The average Bonchev–Trinajstić information content (AvgIpc) is 3.32. The lowest BCUT2D eigenvalue weighted by atomic mass is 10.1. The van der Waals surface area contributed by atoms with E-state index < -0.39 is 0 Å². The van der Waals surface area contributed by atoms with E-state index in [4.69, 9.17) is 11.6 Å². The molecular weight excluding hydrogens is 364 g/mol. The highest BCUT2D eigenvalue weighted by Crippen LogP contribution is 2.36. The molecule has 3 aromatic rings. The van der Waals surface area contributed by atoms with Gasteiger partial charge in [-0.25, -0.2) is 0 Å². The maximum atomic E-state index is 12.5. The fraction of sp³-hybridized carbons (Fsp3) is 0.190. The second-order valence-corrected chi connectivity index (χ2v) is 7.74. The van der Waals surface area contributed by atoms with Gasteiger partial charge in [0.05, 0.1) is 6.04 Å². The lowest BCUT2D eigenvalue weighted by Gasteiger charge is -2.30. The van der Waals surface area contributed by atoms with Gasteiger partial charge in [-0.1, -0.05) is 41.9 Å². The quantitative estimate of drug-likeness (QED) is 0.678. The van der Waals surface area contributed by atoms with Crippen molar-refractivity contribution in [1.82, 2.24) is 5.32 Å². The highest BCUT2D eigenvalue weighted by atomic mass is 35.5. The van der Waals surface area contributed by atoms with E-state index >= 15 is 0 Å². The number of hydrogen-bond acceptors (Lipinski definition) is 3. The predicted molar refractivity (Wildman–Crippen MR) is 108 cm³/mol. The molecule has 0 fully saturated rings. The van der Waals surface area contributed by atoms with Crippen molar-refractivity contribution in [1.29, 1.82) is 0 Å². The van der Waals surface area contributed by atoms with Gasteiger partial charge in [0.15, 0.2) is 0 Å². The Labute approximate surface area is 162 Å². The minimum absolute atomic E-state index is 0.0958. The molecule has 2 aromatic carbocycles. The Hall–Kier alpha value is -2.30. The highest BCUT2D eigenvalue weighted by molar-refractivity contribution is 7.10. The van der Waals surface area contributed by atoms with Crippen molar-refractivity contribution in [3.63, 3.8) is 0 Å². The fourth-order valence-electron chi connectivity index (χ4n) is 3.45. The van der Waals surface area contributed by atoms with Gasteiger partial charge in [0, 0.05) is 34.2 Å². The summed E-state index contributed by atoms with van der Waals surface area (Å²) in [6, 6.07) is 19.9. The first-order valence-electron chi connectivity index (χ1n) is 8.64. The van der Waals surface area contributed by atoms with Gasteiger partial charge in [0.1, 0.15) is 0 Å². The van der Waals surface area contributed by atoms with E-state index in [1.807, 2.05) is 0 Å². The van der Waals surface area contributed by atoms with Crippen LogP contribution in [0.3, 0.4) is 0 Å². The lowest BCUT2D eigenvalue weighted by Crippen LogP contribution is -2.37. The van der Waals surface area contributed by atoms with Crippen LogP contribution in [-0.4, -0.2) is 19.0 Å². The van der Waals surface area contributed by atoms with E-state index in [0.29, 0.717) is 17.1 Å². The van der Waals surface area contributed by atoms with E-state index in [0.717, 1.165) is 13.0 Å². The summed E-state index contributed by atoms with van der Waals surface area (Å²) in [6.07, 6.45) is 1.04. The Morgan fingerprint density at radius 3 is 2.85 bits per heavy atom. The molecule has 4 rings (SSSR count). The average molecular weight is 383 g/mol. The molecule has 0 bridgehead atoms. The predicted octanol–water partition coefficient (Wildman–Crippen LogP) is 4.94. The van der Waals surface area contributed by atoms with Gasteiger partial charge in [-0.2, -0.15) is 0 Å². The van der Waals surface area contributed by atoms with Crippen molar-refractivity contribution in [2.75, 3.05) is 18.0 Å². The molecule has 0 aliphatic carbocycles. The van der Waals surface area contributed by atoms with Crippen LogP contribution in [0.2, 0.25) is 5.02 Å². The fourth-order valence-corrected chi connectivity index (χ4v) is 4.48. The number of carbonyl (C=O) groups is 1. The molecule has 0 saturated heterocycles. The number of benzene rings is 2. The third-order valence-corrected chi connectivity index (χ3v) is 5.92. The Kier molecular flexibility index (Phi) is 4.96. The Balaban J connectivity index is 1.55. The highest BCUT2D eigenvalue weighted by Gasteiger charge is 2.28. The minimum Gasteiger partial charge on any atom is -0.361 e. The summed E-state index contributed by atoms with van der Waals surface area (Å²) in [5.41, 5.74) is 3.22. The summed E-state index contributed by atoms with van der Waals surface area (Å²) in [7, 11) is 0. The van der Waals surface area contributed by atoms with E-state index in [9.17, 15) is 4.79 Å². The molecule has 1 N–H and O–H groups in total. The zero-order valence-electron chi connectivity index (χ0n) is 14.2. The molecule has 3 nitrogen and oxygen atoms in total. The number of carbonyl (C=O) groups excluding carboxylic acids is 1. The molecule has 1 amide bonds. The maximum absolute atomic E-state index is 12.5. The molecular formula is C21H19ClN2OS. The number of para-hydroxylation sites is 1. The van der Waals surface area contributed by atoms with E-state index in [2.05, 4.69) is 52.0 Å². The van der Waals surface area contributed by atoms with Gasteiger partial charge in [-0.3, -0.25) is 4.79 Å². The van der Waals surface area contributed by atoms with Crippen molar-refractivity contribution in [3.05, 3.63) is 87.1 Å². The summed E-state index contributed by atoms with van der Waals surface area (Å²) in [5.74, 6) is -0.0958. The Morgan fingerprint density at radius 2 is 2.04 bits per heavy atom. The number of halogens is 1. The Bertz CT molecular complexity index is 910. The molecule has 0 radical (unpaired) electrons. The zero-order chi connectivity index (χ0) is 17.9. The first kappa shape index (κ1) is 17.1.